The fourth-order valence-corrected chi connectivity index (χ4v) is 5.15. The van der Waals surface area contributed by atoms with E-state index in [9.17, 15) is 24.3 Å². The van der Waals surface area contributed by atoms with E-state index in [4.69, 9.17) is 10.5 Å². The topological polar surface area (TPSA) is 190 Å². The Hall–Kier alpha value is -3.14. The molecule has 174 valence electrons. The summed E-state index contributed by atoms with van der Waals surface area (Å²) in [4.78, 5) is 60.0. The molecule has 2 aliphatic rings. The highest BCUT2D eigenvalue weighted by atomic mass is 32.2. The molecule has 3 heterocycles. The number of carbonyl (C=O) groups excluding carboxylic acids is 3. The number of hydrogen-bond acceptors (Lipinski definition) is 12. The van der Waals surface area contributed by atoms with Crippen molar-refractivity contribution in [3.8, 4) is 0 Å². The van der Waals surface area contributed by atoms with E-state index in [1.54, 1.807) is 0 Å². The molecule has 32 heavy (non-hydrogen) atoms. The van der Waals surface area contributed by atoms with Crippen molar-refractivity contribution in [2.45, 2.75) is 17.5 Å². The highest BCUT2D eigenvalue weighted by Gasteiger charge is 2.58. The van der Waals surface area contributed by atoms with Crippen LogP contribution in [0.2, 0.25) is 0 Å². The number of rotatable bonds is 7. The molecule has 4 N–H and O–H groups in total. The fourth-order valence-electron chi connectivity index (χ4n) is 3.22. The summed E-state index contributed by atoms with van der Waals surface area (Å²) < 4.78 is 9.03. The molecule has 0 saturated carbocycles. The summed E-state index contributed by atoms with van der Waals surface area (Å²) in [5, 5.41) is 15.4. The quantitative estimate of drug-likeness (QED) is 0.234. The van der Waals surface area contributed by atoms with Crippen molar-refractivity contribution in [3.05, 3.63) is 5.82 Å². The van der Waals surface area contributed by atoms with E-state index in [0.717, 1.165) is 11.5 Å². The van der Waals surface area contributed by atoms with Crippen LogP contribution < -0.4 is 11.1 Å². The van der Waals surface area contributed by atoms with Crippen LogP contribution in [0, 0.1) is 5.92 Å². The molecule has 3 amide bonds. The van der Waals surface area contributed by atoms with Crippen molar-refractivity contribution in [1.29, 1.82) is 0 Å². The number of nitrogens with one attached hydrogen (secondary N) is 1. The van der Waals surface area contributed by atoms with Crippen molar-refractivity contribution in [1.82, 2.24) is 24.5 Å². The van der Waals surface area contributed by atoms with Gasteiger partial charge in [-0.3, -0.25) is 9.59 Å². The first kappa shape index (κ1) is 23.5. The van der Waals surface area contributed by atoms with E-state index in [1.165, 1.54) is 42.8 Å². The van der Waals surface area contributed by atoms with Crippen molar-refractivity contribution in [2.75, 3.05) is 39.3 Å². The van der Waals surface area contributed by atoms with Gasteiger partial charge in [-0.1, -0.05) is 5.16 Å². The second kappa shape index (κ2) is 9.56. The zero-order chi connectivity index (χ0) is 23.6. The molecule has 2 fully saturated rings. The van der Waals surface area contributed by atoms with Crippen LogP contribution in [0.15, 0.2) is 5.16 Å². The van der Waals surface area contributed by atoms with Crippen LogP contribution in [-0.2, 0) is 24.0 Å². The summed E-state index contributed by atoms with van der Waals surface area (Å²) in [5.41, 5.74) is 5.27. The van der Waals surface area contributed by atoms with E-state index in [2.05, 4.69) is 24.7 Å². The lowest BCUT2D eigenvalue weighted by atomic mass is 9.94. The molecular weight excluding hydrogens is 466 g/mol. The van der Waals surface area contributed by atoms with Gasteiger partial charge in [0, 0.05) is 37.3 Å². The monoisotopic (exact) mass is 487 g/mol. The van der Waals surface area contributed by atoms with E-state index >= 15 is 0 Å². The summed E-state index contributed by atoms with van der Waals surface area (Å²) in [6, 6.07) is -2.17. The van der Waals surface area contributed by atoms with Crippen molar-refractivity contribution >= 4 is 58.0 Å². The highest BCUT2D eigenvalue weighted by Crippen LogP contribution is 2.40. The summed E-state index contributed by atoms with van der Waals surface area (Å²) in [6.45, 7) is -0.157. The summed E-state index contributed by atoms with van der Waals surface area (Å²) >= 11 is 2.15. The number of β-lactam (4-membered cyclic amide) rings is 1. The minimum atomic E-state index is -1.22. The molecule has 0 aromatic carbocycles. The number of nitrogens with zero attached hydrogens (tertiary/aromatic N) is 5. The van der Waals surface area contributed by atoms with Crippen LogP contribution in [0.4, 0.5) is 9.93 Å². The molecule has 2 saturated heterocycles. The van der Waals surface area contributed by atoms with Gasteiger partial charge in [0.25, 0.3) is 5.91 Å². The van der Waals surface area contributed by atoms with E-state index in [-0.39, 0.29) is 23.3 Å². The molecule has 3 rings (SSSR count). The van der Waals surface area contributed by atoms with Gasteiger partial charge in [-0.15, -0.1) is 11.8 Å². The number of nitrogens with two attached hydrogens (primary N) is 1. The minimum Gasteiger partial charge on any atom is -0.480 e. The van der Waals surface area contributed by atoms with Gasteiger partial charge in [0.15, 0.2) is 5.13 Å². The zero-order valence-corrected chi connectivity index (χ0v) is 18.9. The molecule has 16 heteroatoms. The van der Waals surface area contributed by atoms with E-state index in [0.29, 0.717) is 5.75 Å². The first-order valence-electron chi connectivity index (χ1n) is 9.18. The Balaban J connectivity index is 1.70. The largest absolute Gasteiger partial charge is 0.480 e. The van der Waals surface area contributed by atoms with Gasteiger partial charge in [-0.25, -0.2) is 9.59 Å². The number of hydrogen-bond donors (Lipinski definition) is 3. The number of amides is 3. The van der Waals surface area contributed by atoms with Gasteiger partial charge in [0.1, 0.15) is 24.6 Å². The van der Waals surface area contributed by atoms with Crippen LogP contribution >= 0.6 is 23.3 Å². The molecule has 14 nitrogen and oxygen atoms in total. The van der Waals surface area contributed by atoms with E-state index in [1.807, 2.05) is 0 Å². The Morgan fingerprint density at radius 1 is 1.41 bits per heavy atom. The molecule has 1 aromatic heterocycles. The molecule has 0 spiro atoms. The number of aromatic nitrogens is 2. The van der Waals surface area contributed by atoms with Crippen LogP contribution in [0.3, 0.4) is 0 Å². The molecule has 2 aliphatic heterocycles. The van der Waals surface area contributed by atoms with Crippen LogP contribution in [-0.4, -0.2) is 105 Å². The molecule has 1 aromatic rings. The maximum atomic E-state index is 12.8. The molecule has 0 radical (unpaired) electrons. The van der Waals surface area contributed by atoms with Gasteiger partial charge in [-0.05, 0) is 0 Å². The zero-order valence-electron chi connectivity index (χ0n) is 17.3. The molecule has 0 bridgehead atoms. The first-order valence-corrected chi connectivity index (χ1v) is 11.0. The predicted molar refractivity (Wildman–Crippen MR) is 113 cm³/mol. The third-order valence-electron chi connectivity index (χ3n) is 4.68. The molecule has 0 aliphatic carbocycles. The lowest BCUT2D eigenvalue weighted by Gasteiger charge is -2.54. The minimum absolute atomic E-state index is 0.0574. The average Bonchev–Trinajstić information content (AvgIpc) is 3.18. The number of anilines is 1. The van der Waals surface area contributed by atoms with Crippen LogP contribution in [0.5, 0.6) is 0 Å². The standard InChI is InChI=1S/C16H21N7O7S2/c1-22(2)16(28)30-4-6-5-31-13-8(12(25)23(13)9(6)14(26)27)18-11(24)7(20-29-3)10-19-15(17)32-21-10/h6,8-9,13H,4-5H2,1-3H3,(H,18,24)(H,26,27)(H2,17,19,21)/b20-7+. The lowest BCUT2D eigenvalue weighted by Crippen LogP contribution is -2.76. The van der Waals surface area contributed by atoms with Crippen LogP contribution in [0.25, 0.3) is 0 Å². The highest BCUT2D eigenvalue weighted by molar-refractivity contribution is 8.00. The number of aliphatic carboxylic acids is 1. The molecule has 4 atom stereocenters. The SMILES string of the molecule is CO/N=C(/C(=O)NC1C(=O)N2C1SCC(COC(=O)N(C)C)C2C(=O)O)c1nsc(N)n1. The number of ether oxygens (including phenoxy) is 1. The lowest BCUT2D eigenvalue weighted by molar-refractivity contribution is -0.165. The maximum Gasteiger partial charge on any atom is 0.409 e. The van der Waals surface area contributed by atoms with Gasteiger partial charge < -0.3 is 35.5 Å². The second-order valence-electron chi connectivity index (χ2n) is 7.01. The average molecular weight is 488 g/mol. The number of carboxylic acids is 1. The predicted octanol–water partition coefficient (Wildman–Crippen LogP) is -1.36. The van der Waals surface area contributed by atoms with Gasteiger partial charge in [-0.2, -0.15) is 9.36 Å². The normalized spacial score (nSPS) is 24.8. The number of fused-ring (bicyclic) bond motifs is 1. The van der Waals surface area contributed by atoms with Crippen LogP contribution in [0.1, 0.15) is 5.82 Å². The maximum absolute atomic E-state index is 12.8. The first-order chi connectivity index (χ1) is 15.1. The van der Waals surface area contributed by atoms with Crippen molar-refractivity contribution in [3.63, 3.8) is 0 Å². The number of carbonyl (C=O) groups is 4. The fraction of sp³-hybridized carbons (Fsp3) is 0.562. The second-order valence-corrected chi connectivity index (χ2v) is 8.95. The number of nitrogen functional groups attached to an aromatic ring is 1. The van der Waals surface area contributed by atoms with E-state index < -0.39 is 47.3 Å². The summed E-state index contributed by atoms with van der Waals surface area (Å²) in [6.07, 6.45) is -0.609. The Morgan fingerprint density at radius 3 is 2.69 bits per heavy atom. The Morgan fingerprint density at radius 2 is 2.12 bits per heavy atom. The smallest absolute Gasteiger partial charge is 0.409 e. The summed E-state index contributed by atoms with van der Waals surface area (Å²) in [7, 11) is 4.24. The summed E-state index contributed by atoms with van der Waals surface area (Å²) in [5.74, 6) is -2.92. The third kappa shape index (κ3) is 4.55. The number of carboxylic acid groups (broad SMARTS) is 1. The van der Waals surface area contributed by atoms with Gasteiger partial charge in [0.2, 0.25) is 17.4 Å². The number of oxime groups is 1. The molecular formula is C16H21N7O7S2. The van der Waals surface area contributed by atoms with Gasteiger partial charge in [0.05, 0.1) is 6.61 Å². The Kier molecular flexibility index (Phi) is 7.02. The van der Waals surface area contributed by atoms with Crippen molar-refractivity contribution < 1.29 is 33.9 Å². The van der Waals surface area contributed by atoms with Gasteiger partial charge >= 0.3 is 12.1 Å². The third-order valence-corrected chi connectivity index (χ3v) is 6.69. The molecule has 4 unspecified atom stereocenters. The Bertz CT molecular complexity index is 953. The Labute approximate surface area is 190 Å². The number of thioether (sulfide) groups is 1. The van der Waals surface area contributed by atoms with Crippen molar-refractivity contribution in [2.24, 2.45) is 11.1 Å².